The molecule has 33 heavy (non-hydrogen) atoms. The van der Waals surface area contributed by atoms with Crippen molar-refractivity contribution in [2.45, 2.75) is 38.6 Å². The number of hydrogen-bond donors (Lipinski definition) is 2. The summed E-state index contributed by atoms with van der Waals surface area (Å²) in [7, 11) is 0. The number of carbonyl (C=O) groups excluding carboxylic acids is 2. The molecule has 174 valence electrons. The zero-order chi connectivity index (χ0) is 23.5. The summed E-state index contributed by atoms with van der Waals surface area (Å²) in [6.45, 7) is 3.95. The van der Waals surface area contributed by atoms with E-state index in [1.165, 1.54) is 4.90 Å². The first kappa shape index (κ1) is 22.8. The molecule has 0 bridgehead atoms. The predicted octanol–water partition coefficient (Wildman–Crippen LogP) is 3.87. The number of nitrogens with zero attached hydrogens (tertiary/aromatic N) is 1. The van der Waals surface area contributed by atoms with Crippen molar-refractivity contribution >= 4 is 18.0 Å². The number of benzene rings is 2. The summed E-state index contributed by atoms with van der Waals surface area (Å²) in [5.74, 6) is -1.37. The van der Waals surface area contributed by atoms with Crippen molar-refractivity contribution in [1.82, 2.24) is 10.2 Å². The lowest BCUT2D eigenvalue weighted by atomic mass is 9.98. The fourth-order valence-corrected chi connectivity index (χ4v) is 4.61. The Hall–Kier alpha value is -3.35. The van der Waals surface area contributed by atoms with Crippen LogP contribution in [0.3, 0.4) is 0 Å². The maximum absolute atomic E-state index is 13.1. The number of fused-ring (bicyclic) bond motifs is 3. The SMILES string of the molecule is CC(C)CN(CC(=O)O)C(=O)C(NC(=O)OCC1c2ccccc2-c2ccccc21)C1CC1. The molecule has 2 aliphatic carbocycles. The zero-order valence-electron chi connectivity index (χ0n) is 19.0. The maximum Gasteiger partial charge on any atom is 0.407 e. The molecule has 0 aliphatic heterocycles. The molecule has 2 aromatic rings. The third kappa shape index (κ3) is 5.18. The summed E-state index contributed by atoms with van der Waals surface area (Å²) in [5, 5.41) is 12.0. The van der Waals surface area contributed by atoms with Crippen LogP contribution >= 0.6 is 0 Å². The Balaban J connectivity index is 1.43. The molecule has 0 saturated heterocycles. The standard InChI is InChI=1S/C26H30N2O5/c1-16(2)13-28(14-23(29)30)25(31)24(17-11-12-17)27-26(32)33-15-22-20-9-5-3-7-18(20)19-8-4-6-10-21(19)22/h3-10,16-17,22,24H,11-15H2,1-2H3,(H,27,32)(H,29,30). The van der Waals surface area contributed by atoms with Gasteiger partial charge in [0.1, 0.15) is 19.2 Å². The first-order valence-corrected chi connectivity index (χ1v) is 11.5. The van der Waals surface area contributed by atoms with E-state index < -0.39 is 18.1 Å². The van der Waals surface area contributed by atoms with Crippen LogP contribution in [0.1, 0.15) is 43.7 Å². The molecule has 2 N–H and O–H groups in total. The van der Waals surface area contributed by atoms with Crippen LogP contribution in [0.2, 0.25) is 0 Å². The molecule has 7 heteroatoms. The average Bonchev–Trinajstić information content (AvgIpc) is 3.57. The van der Waals surface area contributed by atoms with Crippen molar-refractivity contribution in [1.29, 1.82) is 0 Å². The normalized spacial score (nSPS) is 15.5. The highest BCUT2D eigenvalue weighted by atomic mass is 16.5. The van der Waals surface area contributed by atoms with Crippen LogP contribution in [0.5, 0.6) is 0 Å². The lowest BCUT2D eigenvalue weighted by Crippen LogP contribution is -2.52. The highest BCUT2D eigenvalue weighted by molar-refractivity contribution is 5.88. The van der Waals surface area contributed by atoms with Gasteiger partial charge in [-0.15, -0.1) is 0 Å². The number of aliphatic carboxylic acids is 1. The molecule has 2 aliphatic rings. The highest BCUT2D eigenvalue weighted by Gasteiger charge is 2.40. The summed E-state index contributed by atoms with van der Waals surface area (Å²) < 4.78 is 5.60. The number of carboxylic acid groups (broad SMARTS) is 1. The number of nitrogens with one attached hydrogen (secondary N) is 1. The van der Waals surface area contributed by atoms with Gasteiger partial charge in [-0.3, -0.25) is 9.59 Å². The highest BCUT2D eigenvalue weighted by Crippen LogP contribution is 2.44. The fraction of sp³-hybridized carbons (Fsp3) is 0.423. The largest absolute Gasteiger partial charge is 0.480 e. The monoisotopic (exact) mass is 450 g/mol. The van der Waals surface area contributed by atoms with Gasteiger partial charge in [0, 0.05) is 12.5 Å². The van der Waals surface area contributed by atoms with Crippen molar-refractivity contribution < 1.29 is 24.2 Å². The van der Waals surface area contributed by atoms with E-state index in [1.54, 1.807) is 0 Å². The quantitative estimate of drug-likeness (QED) is 0.605. The molecule has 1 fully saturated rings. The van der Waals surface area contributed by atoms with Gasteiger partial charge in [-0.25, -0.2) is 4.79 Å². The number of alkyl carbamates (subject to hydrolysis) is 1. The second kappa shape index (κ2) is 9.65. The van der Waals surface area contributed by atoms with E-state index in [2.05, 4.69) is 17.4 Å². The molecule has 0 spiro atoms. The molecule has 0 radical (unpaired) electrons. The second-order valence-corrected chi connectivity index (χ2v) is 9.29. The van der Waals surface area contributed by atoms with Gasteiger partial charge in [0.15, 0.2) is 0 Å². The third-order valence-electron chi connectivity index (χ3n) is 6.20. The van der Waals surface area contributed by atoms with Crippen LogP contribution in [0.25, 0.3) is 11.1 Å². The van der Waals surface area contributed by atoms with E-state index in [0.717, 1.165) is 35.1 Å². The van der Waals surface area contributed by atoms with Gasteiger partial charge in [0.2, 0.25) is 5.91 Å². The van der Waals surface area contributed by atoms with Crippen molar-refractivity contribution in [3.8, 4) is 11.1 Å². The van der Waals surface area contributed by atoms with E-state index >= 15 is 0 Å². The number of hydrogen-bond acceptors (Lipinski definition) is 4. The van der Waals surface area contributed by atoms with E-state index in [4.69, 9.17) is 4.74 Å². The van der Waals surface area contributed by atoms with Gasteiger partial charge in [-0.05, 0) is 46.9 Å². The molecule has 1 unspecified atom stereocenters. The number of carbonyl (C=O) groups is 3. The third-order valence-corrected chi connectivity index (χ3v) is 6.20. The molecule has 1 atom stereocenters. The molecule has 0 aromatic heterocycles. The van der Waals surface area contributed by atoms with Gasteiger partial charge < -0.3 is 20.1 Å². The minimum absolute atomic E-state index is 0.0152. The van der Waals surface area contributed by atoms with Gasteiger partial charge in [0.05, 0.1) is 0 Å². The fourth-order valence-electron chi connectivity index (χ4n) is 4.61. The second-order valence-electron chi connectivity index (χ2n) is 9.29. The Bertz CT molecular complexity index is 1000. The molecule has 0 heterocycles. The molecular formula is C26H30N2O5. The van der Waals surface area contributed by atoms with E-state index in [-0.39, 0.29) is 36.8 Å². The van der Waals surface area contributed by atoms with Crippen LogP contribution in [-0.2, 0) is 14.3 Å². The van der Waals surface area contributed by atoms with Crippen molar-refractivity contribution in [2.75, 3.05) is 19.7 Å². The molecule has 1 saturated carbocycles. The zero-order valence-corrected chi connectivity index (χ0v) is 19.0. The molecule has 4 rings (SSSR count). The summed E-state index contributed by atoms with van der Waals surface area (Å²) in [5.41, 5.74) is 4.52. The van der Waals surface area contributed by atoms with Crippen LogP contribution < -0.4 is 5.32 Å². The first-order valence-electron chi connectivity index (χ1n) is 11.5. The van der Waals surface area contributed by atoms with Gasteiger partial charge in [-0.1, -0.05) is 62.4 Å². The predicted molar refractivity (Wildman–Crippen MR) is 124 cm³/mol. The van der Waals surface area contributed by atoms with Crippen molar-refractivity contribution in [3.05, 3.63) is 59.7 Å². The Kier molecular flexibility index (Phi) is 6.67. The van der Waals surface area contributed by atoms with Gasteiger partial charge in [-0.2, -0.15) is 0 Å². The number of amides is 2. The number of ether oxygens (including phenoxy) is 1. The minimum atomic E-state index is -1.07. The van der Waals surface area contributed by atoms with Gasteiger partial charge in [0.25, 0.3) is 0 Å². The van der Waals surface area contributed by atoms with E-state index in [1.807, 2.05) is 50.2 Å². The van der Waals surface area contributed by atoms with Crippen LogP contribution in [-0.4, -0.2) is 53.7 Å². The number of rotatable bonds is 9. The van der Waals surface area contributed by atoms with Crippen LogP contribution in [0.4, 0.5) is 4.79 Å². The Morgan fingerprint density at radius 1 is 1.03 bits per heavy atom. The summed E-state index contributed by atoms with van der Waals surface area (Å²) in [4.78, 5) is 38.4. The molecule has 2 aromatic carbocycles. The lowest BCUT2D eigenvalue weighted by molar-refractivity contribution is -0.145. The van der Waals surface area contributed by atoms with Gasteiger partial charge >= 0.3 is 12.1 Å². The topological polar surface area (TPSA) is 95.9 Å². The average molecular weight is 451 g/mol. The Labute approximate surface area is 193 Å². The van der Waals surface area contributed by atoms with Crippen LogP contribution in [0.15, 0.2) is 48.5 Å². The summed E-state index contributed by atoms with van der Waals surface area (Å²) >= 11 is 0. The van der Waals surface area contributed by atoms with E-state index in [0.29, 0.717) is 6.54 Å². The maximum atomic E-state index is 13.1. The first-order chi connectivity index (χ1) is 15.8. The van der Waals surface area contributed by atoms with Crippen LogP contribution in [0, 0.1) is 11.8 Å². The summed E-state index contributed by atoms with van der Waals surface area (Å²) in [6, 6.07) is 15.4. The lowest BCUT2D eigenvalue weighted by Gasteiger charge is -2.28. The van der Waals surface area contributed by atoms with Crippen molar-refractivity contribution in [3.63, 3.8) is 0 Å². The molecular weight excluding hydrogens is 420 g/mol. The summed E-state index contributed by atoms with van der Waals surface area (Å²) in [6.07, 6.45) is 0.993. The Morgan fingerprint density at radius 3 is 2.12 bits per heavy atom. The Morgan fingerprint density at radius 2 is 1.61 bits per heavy atom. The number of carboxylic acids is 1. The molecule has 7 nitrogen and oxygen atoms in total. The molecule has 2 amide bonds. The smallest absolute Gasteiger partial charge is 0.407 e. The van der Waals surface area contributed by atoms with Crippen molar-refractivity contribution in [2.24, 2.45) is 11.8 Å². The minimum Gasteiger partial charge on any atom is -0.480 e. The van der Waals surface area contributed by atoms with E-state index in [9.17, 15) is 19.5 Å².